The summed E-state index contributed by atoms with van der Waals surface area (Å²) in [5, 5.41) is 0. The smallest absolute Gasteiger partial charge is 0.236 e. The Balaban J connectivity index is 0.00000182. The highest BCUT2D eigenvalue weighted by Crippen LogP contribution is 2.21. The van der Waals surface area contributed by atoms with Crippen molar-refractivity contribution in [1.82, 2.24) is 14.7 Å². The lowest BCUT2D eigenvalue weighted by molar-refractivity contribution is -0.135. The van der Waals surface area contributed by atoms with Gasteiger partial charge in [-0.2, -0.15) is 0 Å². The first-order chi connectivity index (χ1) is 12.0. The molecule has 1 aromatic rings. The molecule has 0 radical (unpaired) electrons. The topological polar surface area (TPSA) is 52.8 Å². The van der Waals surface area contributed by atoms with Crippen molar-refractivity contribution in [1.29, 1.82) is 0 Å². The van der Waals surface area contributed by atoms with Crippen molar-refractivity contribution < 1.29 is 4.79 Å². The standard InChI is InChI=1S/C20H32N4O.2ClH/c1-16-10-17(2)13-24(12-16)20(25)15-23-8-6-22(7-9-23)14-18-4-3-5-19(21)11-18;;/h3-5,11,16-17H,6-10,12-15,21H2,1-2H3;2*1H. The molecule has 0 aliphatic carbocycles. The lowest BCUT2D eigenvalue weighted by Crippen LogP contribution is -2.51. The van der Waals surface area contributed by atoms with Gasteiger partial charge in [0, 0.05) is 51.5 Å². The predicted octanol–water partition coefficient (Wildman–Crippen LogP) is 2.73. The number of benzene rings is 1. The Bertz CT molecular complexity index is 583. The van der Waals surface area contributed by atoms with Gasteiger partial charge >= 0.3 is 0 Å². The molecule has 7 heteroatoms. The molecule has 2 N–H and O–H groups in total. The molecule has 3 rings (SSSR count). The third-order valence-corrected chi connectivity index (χ3v) is 5.40. The van der Waals surface area contributed by atoms with E-state index in [1.54, 1.807) is 0 Å². The van der Waals surface area contributed by atoms with E-state index in [0.717, 1.165) is 51.5 Å². The summed E-state index contributed by atoms with van der Waals surface area (Å²) in [6, 6.07) is 8.12. The minimum atomic E-state index is 0. The van der Waals surface area contributed by atoms with Gasteiger partial charge in [-0.05, 0) is 36.0 Å². The first-order valence-corrected chi connectivity index (χ1v) is 9.56. The lowest BCUT2D eigenvalue weighted by atomic mass is 9.92. The summed E-state index contributed by atoms with van der Waals surface area (Å²) in [6.07, 6.45) is 1.24. The molecule has 2 aliphatic rings. The summed E-state index contributed by atoms with van der Waals surface area (Å²) >= 11 is 0. The molecule has 0 spiro atoms. The summed E-state index contributed by atoms with van der Waals surface area (Å²) in [5.41, 5.74) is 7.95. The number of hydrogen-bond donors (Lipinski definition) is 1. The molecule has 154 valence electrons. The van der Waals surface area contributed by atoms with Crippen LogP contribution >= 0.6 is 24.8 Å². The van der Waals surface area contributed by atoms with E-state index in [1.165, 1.54) is 12.0 Å². The van der Waals surface area contributed by atoms with Crippen LogP contribution < -0.4 is 5.73 Å². The first kappa shape index (κ1) is 24.0. The fourth-order valence-electron chi connectivity index (χ4n) is 4.21. The van der Waals surface area contributed by atoms with Gasteiger partial charge in [0.05, 0.1) is 6.54 Å². The van der Waals surface area contributed by atoms with Gasteiger partial charge < -0.3 is 10.6 Å². The van der Waals surface area contributed by atoms with Crippen molar-refractivity contribution in [2.24, 2.45) is 11.8 Å². The largest absolute Gasteiger partial charge is 0.399 e. The summed E-state index contributed by atoms with van der Waals surface area (Å²) < 4.78 is 0. The molecule has 2 fully saturated rings. The van der Waals surface area contributed by atoms with Gasteiger partial charge in [-0.3, -0.25) is 14.6 Å². The average Bonchev–Trinajstić information content (AvgIpc) is 2.56. The highest BCUT2D eigenvalue weighted by Gasteiger charge is 2.27. The van der Waals surface area contributed by atoms with Crippen LogP contribution in [0.4, 0.5) is 5.69 Å². The molecule has 2 heterocycles. The van der Waals surface area contributed by atoms with Crippen molar-refractivity contribution in [3.05, 3.63) is 29.8 Å². The van der Waals surface area contributed by atoms with Crippen molar-refractivity contribution in [2.45, 2.75) is 26.8 Å². The molecule has 2 aliphatic heterocycles. The van der Waals surface area contributed by atoms with Gasteiger partial charge in [0.2, 0.25) is 5.91 Å². The van der Waals surface area contributed by atoms with Crippen molar-refractivity contribution in [3.63, 3.8) is 0 Å². The van der Waals surface area contributed by atoms with Crippen LogP contribution in [-0.4, -0.2) is 66.4 Å². The molecule has 5 nitrogen and oxygen atoms in total. The average molecular weight is 417 g/mol. The van der Waals surface area contributed by atoms with Crippen LogP contribution in [-0.2, 0) is 11.3 Å². The highest BCUT2D eigenvalue weighted by molar-refractivity contribution is 5.85. The summed E-state index contributed by atoms with van der Waals surface area (Å²) in [7, 11) is 0. The van der Waals surface area contributed by atoms with Crippen LogP contribution in [0.1, 0.15) is 25.8 Å². The van der Waals surface area contributed by atoms with Gasteiger partial charge in [0.15, 0.2) is 0 Å². The van der Waals surface area contributed by atoms with Crippen molar-refractivity contribution in [3.8, 4) is 0 Å². The number of anilines is 1. The third-order valence-electron chi connectivity index (χ3n) is 5.40. The van der Waals surface area contributed by atoms with E-state index in [-0.39, 0.29) is 24.8 Å². The number of carbonyl (C=O) groups excluding carboxylic acids is 1. The number of likely N-dealkylation sites (tertiary alicyclic amines) is 1. The Morgan fingerprint density at radius 3 is 2.22 bits per heavy atom. The number of carbonyl (C=O) groups is 1. The second-order valence-electron chi connectivity index (χ2n) is 8.04. The number of halogens is 2. The van der Waals surface area contributed by atoms with E-state index in [1.807, 2.05) is 12.1 Å². The molecular weight excluding hydrogens is 383 g/mol. The van der Waals surface area contributed by atoms with Crippen LogP contribution in [0.3, 0.4) is 0 Å². The Labute approximate surface area is 176 Å². The Hall–Kier alpha value is -1.01. The van der Waals surface area contributed by atoms with E-state index < -0.39 is 0 Å². The van der Waals surface area contributed by atoms with E-state index >= 15 is 0 Å². The molecule has 0 bridgehead atoms. The highest BCUT2D eigenvalue weighted by atomic mass is 35.5. The van der Waals surface area contributed by atoms with Crippen LogP contribution in [0, 0.1) is 11.8 Å². The fourth-order valence-corrected chi connectivity index (χ4v) is 4.21. The van der Waals surface area contributed by atoms with Gasteiger partial charge in [-0.15, -0.1) is 24.8 Å². The molecule has 2 saturated heterocycles. The van der Waals surface area contributed by atoms with E-state index in [4.69, 9.17) is 5.73 Å². The predicted molar refractivity (Wildman–Crippen MR) is 117 cm³/mol. The molecule has 2 unspecified atom stereocenters. The normalized spacial score (nSPS) is 24.0. The second kappa shape index (κ2) is 11.1. The molecule has 1 aromatic carbocycles. The number of piperidine rings is 1. The van der Waals surface area contributed by atoms with E-state index in [2.05, 4.69) is 40.7 Å². The monoisotopic (exact) mass is 416 g/mol. The number of nitrogens with zero attached hydrogens (tertiary/aromatic N) is 3. The molecule has 1 amide bonds. The van der Waals surface area contributed by atoms with Gasteiger partial charge in [0.25, 0.3) is 0 Å². The zero-order valence-electron chi connectivity index (χ0n) is 16.5. The maximum absolute atomic E-state index is 12.6. The fraction of sp³-hybridized carbons (Fsp3) is 0.650. The SMILES string of the molecule is CC1CC(C)CN(C(=O)CN2CCN(Cc3cccc(N)c3)CC2)C1.Cl.Cl. The van der Waals surface area contributed by atoms with Crippen LogP contribution in [0.15, 0.2) is 24.3 Å². The number of amides is 1. The zero-order valence-corrected chi connectivity index (χ0v) is 18.1. The minimum Gasteiger partial charge on any atom is -0.399 e. The molecule has 27 heavy (non-hydrogen) atoms. The molecule has 2 atom stereocenters. The Kier molecular flexibility index (Phi) is 9.88. The van der Waals surface area contributed by atoms with Gasteiger partial charge in [-0.1, -0.05) is 26.0 Å². The van der Waals surface area contributed by atoms with E-state index in [0.29, 0.717) is 24.3 Å². The summed E-state index contributed by atoms with van der Waals surface area (Å²) in [6.45, 7) is 11.8. The third kappa shape index (κ3) is 7.15. The maximum Gasteiger partial charge on any atom is 0.236 e. The first-order valence-electron chi connectivity index (χ1n) is 9.56. The quantitative estimate of drug-likeness (QED) is 0.766. The molecule has 0 saturated carbocycles. The van der Waals surface area contributed by atoms with E-state index in [9.17, 15) is 4.79 Å². The number of nitrogen functional groups attached to an aromatic ring is 1. The van der Waals surface area contributed by atoms with Crippen molar-refractivity contribution >= 4 is 36.4 Å². The Morgan fingerprint density at radius 1 is 1.04 bits per heavy atom. The number of piperazine rings is 1. The number of nitrogens with two attached hydrogens (primary N) is 1. The maximum atomic E-state index is 12.6. The number of hydrogen-bond acceptors (Lipinski definition) is 4. The Morgan fingerprint density at radius 2 is 1.63 bits per heavy atom. The van der Waals surface area contributed by atoms with Crippen molar-refractivity contribution in [2.75, 3.05) is 51.5 Å². The van der Waals surface area contributed by atoms with Gasteiger partial charge in [-0.25, -0.2) is 0 Å². The van der Waals surface area contributed by atoms with Crippen LogP contribution in [0.5, 0.6) is 0 Å². The summed E-state index contributed by atoms with van der Waals surface area (Å²) in [4.78, 5) is 19.5. The second-order valence-corrected chi connectivity index (χ2v) is 8.04. The summed E-state index contributed by atoms with van der Waals surface area (Å²) in [5.74, 6) is 1.56. The van der Waals surface area contributed by atoms with Gasteiger partial charge in [0.1, 0.15) is 0 Å². The van der Waals surface area contributed by atoms with Crippen LogP contribution in [0.2, 0.25) is 0 Å². The minimum absolute atomic E-state index is 0. The lowest BCUT2D eigenvalue weighted by Gasteiger charge is -2.38. The zero-order chi connectivity index (χ0) is 17.8. The number of rotatable bonds is 4. The molecular formula is C20H34Cl2N4O. The molecule has 0 aromatic heterocycles. The van der Waals surface area contributed by atoms with Crippen LogP contribution in [0.25, 0.3) is 0 Å².